The molecule has 4 heteroatoms. The van der Waals surface area contributed by atoms with Crippen LogP contribution in [-0.4, -0.2) is 16.7 Å². The van der Waals surface area contributed by atoms with Crippen molar-refractivity contribution in [1.82, 2.24) is 0 Å². The first-order valence-electron chi connectivity index (χ1n) is 6.60. The topological polar surface area (TPSA) is 0 Å². The van der Waals surface area contributed by atoms with Crippen LogP contribution in [0.1, 0.15) is 41.5 Å². The Morgan fingerprint density at radius 2 is 1.67 bits per heavy atom. The maximum atomic E-state index is 4.18. The van der Waals surface area contributed by atoms with Crippen molar-refractivity contribution in [3.63, 3.8) is 0 Å². The highest BCUT2D eigenvalue weighted by molar-refractivity contribution is 9.42. The number of hydrogen-bond donors (Lipinski definition) is 0. The molecule has 0 aromatic heterocycles. The third kappa shape index (κ3) is 2.22. The summed E-state index contributed by atoms with van der Waals surface area (Å²) in [6.07, 6.45) is 6.45. The molecular weight excluding hydrogens is 390 g/mol. The van der Waals surface area contributed by atoms with Crippen molar-refractivity contribution in [1.29, 1.82) is 0 Å². The van der Waals surface area contributed by atoms with Crippen LogP contribution >= 0.6 is 44.2 Å². The van der Waals surface area contributed by atoms with Crippen molar-refractivity contribution in [2.24, 2.45) is 16.7 Å². The molecule has 3 heterocycles. The molecule has 18 heavy (non-hydrogen) atoms. The molecule has 5 atom stereocenters. The Labute approximate surface area is 131 Å². The molecule has 0 nitrogen and oxygen atoms in total. The summed E-state index contributed by atoms with van der Waals surface area (Å²) in [4.78, 5) is 0.352. The minimum atomic E-state index is -0.161. The minimum Gasteiger partial charge on any atom is -0.0830 e. The molecule has 3 rings (SSSR count). The van der Waals surface area contributed by atoms with Gasteiger partial charge in [0.15, 0.2) is 0 Å². The largest absolute Gasteiger partial charge is 0.0830 e. The van der Waals surface area contributed by atoms with E-state index >= 15 is 0 Å². The predicted octanol–water partition coefficient (Wildman–Crippen LogP) is 6.93. The van der Waals surface area contributed by atoms with E-state index in [1.165, 1.54) is 6.16 Å². The minimum absolute atomic E-state index is 0.0832. The molecule has 0 saturated carbocycles. The molecule has 0 amide bonds. The lowest BCUT2D eigenvalue weighted by molar-refractivity contribution is 0.320. The zero-order chi connectivity index (χ0) is 13.9. The molecule has 0 N–H and O–H groups in total. The van der Waals surface area contributed by atoms with Gasteiger partial charge >= 0.3 is 0 Å². The molecular formula is C14H24Br2P2. The Kier molecular flexibility index (Phi) is 4.24. The quantitative estimate of drug-likeness (QED) is 0.298. The van der Waals surface area contributed by atoms with Gasteiger partial charge in [0.25, 0.3) is 0 Å². The molecule has 1 saturated heterocycles. The standard InChI is InChI=1S/C14H24Br2P2/c1-12(2,3)11-10-7-8-14(18(11)16,13(4,5)6)17(15)9-10/h7-8,10-11H,9H2,1-6H3. The van der Waals surface area contributed by atoms with Crippen LogP contribution in [0.3, 0.4) is 0 Å². The monoisotopic (exact) mass is 412 g/mol. The van der Waals surface area contributed by atoms with Gasteiger partial charge < -0.3 is 0 Å². The number of hydrogen-bond acceptors (Lipinski definition) is 0. The number of halogens is 2. The predicted molar refractivity (Wildman–Crippen MR) is 94.6 cm³/mol. The summed E-state index contributed by atoms with van der Waals surface area (Å²) >= 11 is 8.25. The van der Waals surface area contributed by atoms with Crippen LogP contribution in [0.15, 0.2) is 12.2 Å². The number of rotatable bonds is 0. The van der Waals surface area contributed by atoms with Crippen LogP contribution in [0, 0.1) is 16.7 Å². The molecule has 0 spiro atoms. The van der Waals surface area contributed by atoms with Gasteiger partial charge in [0.2, 0.25) is 0 Å². The van der Waals surface area contributed by atoms with E-state index in [2.05, 4.69) is 84.7 Å². The van der Waals surface area contributed by atoms with Crippen LogP contribution in [0.4, 0.5) is 0 Å². The lowest BCUT2D eigenvalue weighted by Crippen LogP contribution is -2.50. The Hall–Kier alpha value is 1.56. The fourth-order valence-corrected chi connectivity index (χ4v) is 22.3. The van der Waals surface area contributed by atoms with Gasteiger partial charge in [-0.05, 0) is 36.2 Å². The van der Waals surface area contributed by atoms with Crippen molar-refractivity contribution >= 4 is 44.2 Å². The van der Waals surface area contributed by atoms with Gasteiger partial charge in [0.1, 0.15) is 0 Å². The van der Waals surface area contributed by atoms with Gasteiger partial charge in [-0.25, -0.2) is 0 Å². The second-order valence-electron chi connectivity index (χ2n) is 7.67. The van der Waals surface area contributed by atoms with Crippen LogP contribution < -0.4 is 0 Å². The average molecular weight is 414 g/mol. The normalized spacial score (nSPS) is 44.4. The maximum absolute atomic E-state index is 4.18. The third-order valence-electron chi connectivity index (χ3n) is 4.28. The van der Waals surface area contributed by atoms with Gasteiger partial charge in [-0.2, -0.15) is 0 Å². The molecule has 0 aliphatic carbocycles. The summed E-state index contributed by atoms with van der Waals surface area (Å²) in [6.45, 7) is 14.2. The molecule has 3 aliphatic heterocycles. The highest BCUT2D eigenvalue weighted by Gasteiger charge is 2.61. The summed E-state index contributed by atoms with van der Waals surface area (Å²) in [5.74, 6) is 0.769. The van der Waals surface area contributed by atoms with E-state index in [1.54, 1.807) is 0 Å². The molecule has 2 bridgehead atoms. The summed E-state index contributed by atoms with van der Waals surface area (Å²) in [7, 11) is 0. The Bertz CT molecular complexity index is 367. The summed E-state index contributed by atoms with van der Waals surface area (Å²) in [6, 6.07) is 0. The highest BCUT2D eigenvalue weighted by Crippen LogP contribution is 2.87. The van der Waals surface area contributed by atoms with E-state index in [4.69, 9.17) is 0 Å². The lowest BCUT2D eigenvalue weighted by Gasteiger charge is -2.61. The summed E-state index contributed by atoms with van der Waals surface area (Å²) < 4.78 is 0. The third-order valence-corrected chi connectivity index (χ3v) is 18.3. The SMILES string of the molecule is CC(C)(C)C1C2C=CC(C(C)(C)C)(P(Br)C2)P1Br. The zero-order valence-electron chi connectivity index (χ0n) is 12.2. The number of allylic oxidation sites excluding steroid dienone is 2. The van der Waals surface area contributed by atoms with Crippen molar-refractivity contribution in [2.45, 2.75) is 52.1 Å². The Morgan fingerprint density at radius 1 is 1.11 bits per heavy atom. The van der Waals surface area contributed by atoms with Gasteiger partial charge in [-0.3, -0.25) is 0 Å². The van der Waals surface area contributed by atoms with Gasteiger partial charge in [0, 0.05) is 5.66 Å². The molecule has 0 aromatic rings. The van der Waals surface area contributed by atoms with E-state index < -0.39 is 0 Å². The van der Waals surface area contributed by atoms with Crippen LogP contribution in [-0.2, 0) is 0 Å². The first kappa shape index (κ1) is 15.9. The molecule has 0 aromatic carbocycles. The van der Waals surface area contributed by atoms with Crippen LogP contribution in [0.2, 0.25) is 0 Å². The first-order chi connectivity index (χ1) is 8.02. The van der Waals surface area contributed by atoms with Gasteiger partial charge in [0.05, 0.1) is 4.90 Å². The Morgan fingerprint density at radius 3 is 2.06 bits per heavy atom. The molecule has 104 valence electrons. The highest BCUT2D eigenvalue weighted by atomic mass is 79.9. The second-order valence-corrected chi connectivity index (χ2v) is 16.6. The van der Waals surface area contributed by atoms with Crippen LogP contribution in [0.5, 0.6) is 0 Å². The maximum Gasteiger partial charge on any atom is 0.0532 e. The number of fused-ring (bicyclic) bond motifs is 2. The zero-order valence-corrected chi connectivity index (χ0v) is 17.1. The van der Waals surface area contributed by atoms with Crippen molar-refractivity contribution in [3.8, 4) is 0 Å². The molecule has 0 radical (unpaired) electrons. The van der Waals surface area contributed by atoms with E-state index in [0.717, 1.165) is 11.6 Å². The van der Waals surface area contributed by atoms with E-state index in [0.29, 0.717) is 15.7 Å². The molecule has 3 aliphatic rings. The van der Waals surface area contributed by atoms with Gasteiger partial charge in [-0.15, -0.1) is 0 Å². The fraction of sp³-hybridized carbons (Fsp3) is 0.857. The summed E-state index contributed by atoms with van der Waals surface area (Å²) in [5, 5.41) is 0. The smallest absolute Gasteiger partial charge is 0.0532 e. The van der Waals surface area contributed by atoms with Crippen LogP contribution in [0.25, 0.3) is 0 Å². The van der Waals surface area contributed by atoms with E-state index in [-0.39, 0.29) is 13.2 Å². The first-order valence-corrected chi connectivity index (χ1v) is 13.6. The second kappa shape index (κ2) is 4.79. The molecule has 1 fully saturated rings. The van der Waals surface area contributed by atoms with E-state index in [9.17, 15) is 0 Å². The average Bonchev–Trinajstić information content (AvgIpc) is 2.13. The lowest BCUT2D eigenvalue weighted by atomic mass is 9.82. The molecule has 5 unspecified atom stereocenters. The summed E-state index contributed by atoms with van der Waals surface area (Å²) in [5.41, 5.74) is 1.51. The van der Waals surface area contributed by atoms with Crippen molar-refractivity contribution in [2.75, 3.05) is 6.16 Å². The van der Waals surface area contributed by atoms with Gasteiger partial charge in [-0.1, -0.05) is 84.7 Å². The van der Waals surface area contributed by atoms with Crippen molar-refractivity contribution in [3.05, 3.63) is 12.2 Å². The van der Waals surface area contributed by atoms with Crippen molar-refractivity contribution < 1.29 is 0 Å². The fourth-order valence-electron chi connectivity index (χ4n) is 3.40. The van der Waals surface area contributed by atoms with E-state index in [1.807, 2.05) is 0 Å². The Balaban J connectivity index is 2.52.